The zero-order chi connectivity index (χ0) is 16.5. The number of halogens is 1. The molecule has 0 spiro atoms. The predicted molar refractivity (Wildman–Crippen MR) is 90.9 cm³/mol. The second-order valence-corrected chi connectivity index (χ2v) is 6.63. The van der Waals surface area contributed by atoms with Crippen molar-refractivity contribution < 1.29 is 4.79 Å². The number of imidazole rings is 1. The second kappa shape index (κ2) is 6.20. The summed E-state index contributed by atoms with van der Waals surface area (Å²) in [6, 6.07) is 4.12. The monoisotopic (exact) mass is 386 g/mol. The highest BCUT2D eigenvalue weighted by Gasteiger charge is 2.23. The Kier molecular flexibility index (Phi) is 3.89. The number of aromatic nitrogens is 4. The predicted octanol–water partition coefficient (Wildman–Crippen LogP) is 1.87. The minimum atomic E-state index is -0.225. The van der Waals surface area contributed by atoms with Crippen molar-refractivity contribution in [2.24, 2.45) is 5.10 Å². The number of carbonyl (C=O) groups is 1. The number of rotatable bonds is 4. The van der Waals surface area contributed by atoms with Crippen molar-refractivity contribution >= 4 is 27.5 Å². The molecule has 0 bridgehead atoms. The summed E-state index contributed by atoms with van der Waals surface area (Å²) in [7, 11) is 0. The first-order valence-electron chi connectivity index (χ1n) is 7.68. The number of hydrogen-bond donors (Lipinski definition) is 2. The van der Waals surface area contributed by atoms with Crippen LogP contribution >= 0.6 is 15.9 Å². The topological polar surface area (TPSA) is 87.4 Å². The van der Waals surface area contributed by atoms with Crippen molar-refractivity contribution in [1.82, 2.24) is 24.8 Å². The van der Waals surface area contributed by atoms with E-state index in [0.29, 0.717) is 21.7 Å². The van der Waals surface area contributed by atoms with Crippen LogP contribution in [0.15, 0.2) is 46.6 Å². The average Bonchev–Trinajstić information content (AvgIpc) is 3.34. The van der Waals surface area contributed by atoms with Crippen LogP contribution in [0.4, 0.5) is 0 Å². The Balaban J connectivity index is 1.46. The van der Waals surface area contributed by atoms with Crippen molar-refractivity contribution in [2.75, 3.05) is 0 Å². The molecule has 1 aliphatic rings. The maximum atomic E-state index is 12.0. The van der Waals surface area contributed by atoms with E-state index in [4.69, 9.17) is 0 Å². The molecular weight excluding hydrogens is 372 g/mol. The van der Waals surface area contributed by atoms with Gasteiger partial charge >= 0.3 is 0 Å². The number of carbonyl (C=O) groups excluding carboxylic acids is 1. The molecule has 0 unspecified atom stereocenters. The van der Waals surface area contributed by atoms with Crippen LogP contribution in [0.1, 0.15) is 30.0 Å². The highest BCUT2D eigenvalue weighted by molar-refractivity contribution is 9.10. The van der Waals surface area contributed by atoms with Crippen LogP contribution in [0.25, 0.3) is 5.65 Å². The highest BCUT2D eigenvalue weighted by Crippen LogP contribution is 2.39. The average molecular weight is 387 g/mol. The van der Waals surface area contributed by atoms with Gasteiger partial charge in [0, 0.05) is 18.6 Å². The zero-order valence-electron chi connectivity index (χ0n) is 12.7. The maximum absolute atomic E-state index is 12.0. The van der Waals surface area contributed by atoms with E-state index >= 15 is 0 Å². The summed E-state index contributed by atoms with van der Waals surface area (Å²) in [6.07, 6.45) is 9.87. The molecule has 2 N–H and O–H groups in total. The van der Waals surface area contributed by atoms with Gasteiger partial charge in [-0.15, -0.1) is 0 Å². The van der Waals surface area contributed by atoms with Crippen LogP contribution in [-0.2, 0) is 11.2 Å². The molecule has 0 aliphatic heterocycles. The minimum absolute atomic E-state index is 0.175. The van der Waals surface area contributed by atoms with E-state index in [-0.39, 0.29) is 12.3 Å². The third kappa shape index (κ3) is 3.38. The molecule has 24 heavy (non-hydrogen) atoms. The molecule has 0 radical (unpaired) electrons. The van der Waals surface area contributed by atoms with E-state index in [1.54, 1.807) is 6.20 Å². The van der Waals surface area contributed by atoms with Gasteiger partial charge in [0.15, 0.2) is 5.49 Å². The first kappa shape index (κ1) is 15.1. The number of hydrogen-bond acceptors (Lipinski definition) is 4. The van der Waals surface area contributed by atoms with Crippen molar-refractivity contribution in [3.05, 3.63) is 58.3 Å². The summed E-state index contributed by atoms with van der Waals surface area (Å²) >= 11 is 3.22. The van der Waals surface area contributed by atoms with Crippen molar-refractivity contribution in [3.8, 4) is 0 Å². The number of nitrogens with one attached hydrogen (secondary N) is 2. The van der Waals surface area contributed by atoms with Gasteiger partial charge in [-0.3, -0.25) is 4.79 Å². The minimum Gasteiger partial charge on any atom is -0.341 e. The number of amides is 1. The van der Waals surface area contributed by atoms with Gasteiger partial charge in [0.1, 0.15) is 10.3 Å². The number of H-pyrrole nitrogens is 1. The maximum Gasteiger partial charge on any atom is 0.246 e. The van der Waals surface area contributed by atoms with Crippen LogP contribution in [0.3, 0.4) is 0 Å². The van der Waals surface area contributed by atoms with Gasteiger partial charge in [-0.05, 0) is 46.3 Å². The third-order valence-corrected chi connectivity index (χ3v) is 4.30. The van der Waals surface area contributed by atoms with Crippen LogP contribution in [0, 0.1) is 0 Å². The molecule has 1 amide bonds. The fourth-order valence-electron chi connectivity index (χ4n) is 2.52. The first-order chi connectivity index (χ1) is 11.7. The summed E-state index contributed by atoms with van der Waals surface area (Å²) in [6.45, 7) is 0. The summed E-state index contributed by atoms with van der Waals surface area (Å²) < 4.78 is 2.66. The fourth-order valence-corrected chi connectivity index (χ4v) is 2.74. The molecule has 4 rings (SSSR count). The molecule has 8 heteroatoms. The van der Waals surface area contributed by atoms with Crippen molar-refractivity contribution in [3.63, 3.8) is 0 Å². The van der Waals surface area contributed by atoms with Crippen molar-refractivity contribution in [2.45, 2.75) is 25.2 Å². The SMILES string of the molecule is O=C(Cc1cn2cc(C3CC3)ccc2n1)NN=c1cnc(Br)c[nH]1. The molecule has 0 saturated heterocycles. The van der Waals surface area contributed by atoms with Gasteiger partial charge in [-0.2, -0.15) is 5.10 Å². The fraction of sp³-hybridized carbons (Fsp3) is 0.250. The molecule has 0 aromatic carbocycles. The van der Waals surface area contributed by atoms with Crippen LogP contribution in [-0.4, -0.2) is 25.3 Å². The number of nitrogens with zero attached hydrogens (tertiary/aromatic N) is 4. The molecular formula is C16H15BrN6O. The molecule has 1 fully saturated rings. The molecule has 7 nitrogen and oxygen atoms in total. The van der Waals surface area contributed by atoms with E-state index in [1.807, 2.05) is 16.7 Å². The van der Waals surface area contributed by atoms with E-state index in [1.165, 1.54) is 24.6 Å². The summed E-state index contributed by atoms with van der Waals surface area (Å²) in [5.74, 6) is 0.468. The Morgan fingerprint density at radius 1 is 1.42 bits per heavy atom. The lowest BCUT2D eigenvalue weighted by molar-refractivity contribution is -0.120. The molecule has 122 valence electrons. The number of aromatic amines is 1. The second-order valence-electron chi connectivity index (χ2n) is 5.81. The summed E-state index contributed by atoms with van der Waals surface area (Å²) in [5.41, 5.74) is 5.87. The van der Waals surface area contributed by atoms with Gasteiger partial charge < -0.3 is 9.38 Å². The highest BCUT2D eigenvalue weighted by atomic mass is 79.9. The molecule has 1 saturated carbocycles. The van der Waals surface area contributed by atoms with E-state index in [2.05, 4.69) is 53.7 Å². The van der Waals surface area contributed by atoms with E-state index in [9.17, 15) is 4.79 Å². The lowest BCUT2D eigenvalue weighted by Crippen LogP contribution is -2.24. The summed E-state index contributed by atoms with van der Waals surface area (Å²) in [4.78, 5) is 23.4. The molecule has 3 heterocycles. The van der Waals surface area contributed by atoms with Crippen LogP contribution in [0.5, 0.6) is 0 Å². The number of pyridine rings is 1. The Morgan fingerprint density at radius 3 is 3.04 bits per heavy atom. The van der Waals surface area contributed by atoms with Gasteiger partial charge in [0.25, 0.3) is 0 Å². The lowest BCUT2D eigenvalue weighted by atomic mass is 10.2. The largest absolute Gasteiger partial charge is 0.341 e. The third-order valence-electron chi connectivity index (χ3n) is 3.86. The normalized spacial score (nSPS) is 15.0. The van der Waals surface area contributed by atoms with Gasteiger partial charge in [-0.25, -0.2) is 15.4 Å². The Hall–Kier alpha value is -2.48. The zero-order valence-corrected chi connectivity index (χ0v) is 14.3. The number of fused-ring (bicyclic) bond motifs is 1. The van der Waals surface area contributed by atoms with Gasteiger partial charge in [0.05, 0.1) is 18.3 Å². The summed E-state index contributed by atoms with van der Waals surface area (Å²) in [5, 5.41) is 3.97. The molecule has 1 aliphatic carbocycles. The van der Waals surface area contributed by atoms with Crippen LogP contribution < -0.4 is 10.9 Å². The standard InChI is InChI=1S/C16H15BrN6O/c17-13-6-19-14(7-18-13)21-22-16(24)5-12-9-23-8-11(10-1-2-10)3-4-15(23)20-12/h3-4,6-10H,1-2,5H2,(H,19,21)(H,22,24). The smallest absolute Gasteiger partial charge is 0.246 e. The quantitative estimate of drug-likeness (QED) is 0.670. The molecule has 3 aromatic heterocycles. The van der Waals surface area contributed by atoms with E-state index < -0.39 is 0 Å². The van der Waals surface area contributed by atoms with Crippen molar-refractivity contribution in [1.29, 1.82) is 0 Å². The Morgan fingerprint density at radius 2 is 2.29 bits per heavy atom. The van der Waals surface area contributed by atoms with Gasteiger partial charge in [-0.1, -0.05) is 6.07 Å². The first-order valence-corrected chi connectivity index (χ1v) is 8.47. The van der Waals surface area contributed by atoms with Gasteiger partial charge in [0.2, 0.25) is 5.91 Å². The Bertz CT molecular complexity index is 952. The van der Waals surface area contributed by atoms with E-state index in [0.717, 1.165) is 5.65 Å². The Labute approximate surface area is 146 Å². The molecule has 3 aromatic rings. The lowest BCUT2D eigenvalue weighted by Gasteiger charge is -1.98. The van der Waals surface area contributed by atoms with Crippen LogP contribution in [0.2, 0.25) is 0 Å². The molecule has 0 atom stereocenters.